The van der Waals surface area contributed by atoms with Crippen LogP contribution in [-0.2, 0) is 6.54 Å². The van der Waals surface area contributed by atoms with Gasteiger partial charge >= 0.3 is 0 Å². The molecule has 0 bridgehead atoms. The number of aliphatic hydroxyl groups excluding tert-OH is 2. The van der Waals surface area contributed by atoms with Crippen LogP contribution in [0.4, 0.5) is 5.95 Å². The predicted molar refractivity (Wildman–Crippen MR) is 67.3 cm³/mol. The van der Waals surface area contributed by atoms with Crippen LogP contribution in [0.5, 0.6) is 0 Å². The summed E-state index contributed by atoms with van der Waals surface area (Å²) in [5.41, 5.74) is 5.42. The Kier molecular flexibility index (Phi) is 2.58. The van der Waals surface area contributed by atoms with Gasteiger partial charge < -0.3 is 20.5 Å². The van der Waals surface area contributed by atoms with Gasteiger partial charge in [-0.1, -0.05) is 0 Å². The first kappa shape index (κ1) is 12.1. The second-order valence-corrected chi connectivity index (χ2v) is 5.10. The molecule has 5 N–H and O–H groups in total. The standard InChI is InChI=1S/C11H15N5O3/c12-10-14-8-7(9(19)15-10)13-5-16(8)3-11(4-18)1-6(11)2-17/h5-6,17-18H,1-4H2,(H3,12,14,15,19)/t6-,11-/m1/s1. The fourth-order valence-corrected chi connectivity index (χ4v) is 2.55. The quantitative estimate of drug-likeness (QED) is 0.543. The summed E-state index contributed by atoms with van der Waals surface area (Å²) in [6.45, 7) is 0.487. The van der Waals surface area contributed by atoms with E-state index in [1.54, 1.807) is 4.57 Å². The average molecular weight is 265 g/mol. The van der Waals surface area contributed by atoms with Crippen LogP contribution >= 0.6 is 0 Å². The van der Waals surface area contributed by atoms with Crippen molar-refractivity contribution < 1.29 is 10.2 Å². The molecule has 0 spiro atoms. The van der Waals surface area contributed by atoms with Crippen LogP contribution in [0.1, 0.15) is 6.42 Å². The summed E-state index contributed by atoms with van der Waals surface area (Å²) in [5.74, 6) is 0.112. The largest absolute Gasteiger partial charge is 0.396 e. The minimum atomic E-state index is -0.381. The molecule has 3 rings (SSSR count). The molecule has 0 amide bonds. The Hall–Kier alpha value is -1.93. The number of nitrogens with one attached hydrogen (secondary N) is 1. The maximum Gasteiger partial charge on any atom is 0.280 e. The first-order valence-electron chi connectivity index (χ1n) is 6.02. The molecule has 1 aliphatic carbocycles. The number of nitrogens with two attached hydrogens (primary N) is 1. The van der Waals surface area contributed by atoms with E-state index in [1.807, 2.05) is 0 Å². The number of rotatable bonds is 4. The molecule has 0 saturated heterocycles. The molecule has 19 heavy (non-hydrogen) atoms. The van der Waals surface area contributed by atoms with Gasteiger partial charge in [0.2, 0.25) is 5.95 Å². The molecule has 0 radical (unpaired) electrons. The minimum absolute atomic E-state index is 0.0173. The number of hydrogen-bond donors (Lipinski definition) is 4. The van der Waals surface area contributed by atoms with E-state index in [2.05, 4.69) is 15.0 Å². The van der Waals surface area contributed by atoms with Crippen molar-refractivity contribution in [1.29, 1.82) is 0 Å². The molecule has 1 aliphatic rings. The average Bonchev–Trinajstić information content (AvgIpc) is 2.95. The van der Waals surface area contributed by atoms with Gasteiger partial charge in [0.1, 0.15) is 0 Å². The van der Waals surface area contributed by atoms with E-state index in [-0.39, 0.29) is 41.6 Å². The van der Waals surface area contributed by atoms with Gasteiger partial charge in [-0.3, -0.25) is 9.78 Å². The van der Waals surface area contributed by atoms with Gasteiger partial charge in [-0.25, -0.2) is 4.98 Å². The van der Waals surface area contributed by atoms with Crippen LogP contribution < -0.4 is 11.3 Å². The Balaban J connectivity index is 2.01. The summed E-state index contributed by atoms with van der Waals surface area (Å²) < 4.78 is 1.70. The van der Waals surface area contributed by atoms with Crippen molar-refractivity contribution >= 4 is 17.1 Å². The first-order valence-corrected chi connectivity index (χ1v) is 6.02. The number of aromatic amines is 1. The van der Waals surface area contributed by atoms with Crippen molar-refractivity contribution in [3.05, 3.63) is 16.7 Å². The van der Waals surface area contributed by atoms with Crippen molar-refractivity contribution in [1.82, 2.24) is 19.5 Å². The van der Waals surface area contributed by atoms with Crippen LogP contribution in [0.3, 0.4) is 0 Å². The summed E-state index contributed by atoms with van der Waals surface area (Å²) >= 11 is 0. The summed E-state index contributed by atoms with van der Waals surface area (Å²) in [6.07, 6.45) is 2.26. The van der Waals surface area contributed by atoms with Crippen molar-refractivity contribution in [3.8, 4) is 0 Å². The zero-order valence-corrected chi connectivity index (χ0v) is 10.2. The van der Waals surface area contributed by atoms with Crippen molar-refractivity contribution in [3.63, 3.8) is 0 Å². The van der Waals surface area contributed by atoms with Crippen LogP contribution in [0.25, 0.3) is 11.2 Å². The third-order valence-electron chi connectivity index (χ3n) is 3.87. The maximum absolute atomic E-state index is 11.6. The Bertz CT molecular complexity index is 679. The number of H-pyrrole nitrogens is 1. The number of hydrogen-bond acceptors (Lipinski definition) is 6. The lowest BCUT2D eigenvalue weighted by Gasteiger charge is -2.14. The van der Waals surface area contributed by atoms with Crippen molar-refractivity contribution in [2.45, 2.75) is 13.0 Å². The SMILES string of the molecule is Nc1nc2c(ncn2C[C@@]2(CO)C[C@@H]2CO)c(=O)[nH]1. The highest BCUT2D eigenvalue weighted by Crippen LogP contribution is 2.53. The monoisotopic (exact) mass is 265 g/mol. The number of anilines is 1. The highest BCUT2D eigenvalue weighted by Gasteiger charge is 2.53. The third-order valence-corrected chi connectivity index (χ3v) is 3.87. The highest BCUT2D eigenvalue weighted by atomic mass is 16.3. The van der Waals surface area contributed by atoms with Gasteiger partial charge in [0.05, 0.1) is 12.9 Å². The van der Waals surface area contributed by atoms with Gasteiger partial charge in [0.25, 0.3) is 5.56 Å². The molecule has 1 saturated carbocycles. The Morgan fingerprint density at radius 3 is 3.00 bits per heavy atom. The van der Waals surface area contributed by atoms with Gasteiger partial charge in [-0.2, -0.15) is 4.98 Å². The number of aromatic nitrogens is 4. The number of nitrogens with zero attached hydrogens (tertiary/aromatic N) is 3. The van der Waals surface area contributed by atoms with E-state index in [0.29, 0.717) is 12.2 Å². The second kappa shape index (κ2) is 4.04. The van der Waals surface area contributed by atoms with Crippen LogP contribution in [-0.4, -0.2) is 42.9 Å². The third kappa shape index (κ3) is 1.80. The topological polar surface area (TPSA) is 130 Å². The van der Waals surface area contributed by atoms with E-state index in [1.165, 1.54) is 6.33 Å². The molecule has 0 aliphatic heterocycles. The second-order valence-electron chi connectivity index (χ2n) is 5.10. The van der Waals surface area contributed by atoms with Gasteiger partial charge in [-0.05, 0) is 12.3 Å². The molecule has 2 aromatic heterocycles. The molecule has 0 unspecified atom stereocenters. The molecule has 2 heterocycles. The fourth-order valence-electron chi connectivity index (χ4n) is 2.55. The fraction of sp³-hybridized carbons (Fsp3) is 0.545. The van der Waals surface area contributed by atoms with Crippen molar-refractivity contribution in [2.24, 2.45) is 11.3 Å². The molecular formula is C11H15N5O3. The zero-order valence-electron chi connectivity index (χ0n) is 10.2. The van der Waals surface area contributed by atoms with Crippen LogP contribution in [0.2, 0.25) is 0 Å². The summed E-state index contributed by atoms with van der Waals surface area (Å²) in [7, 11) is 0. The van der Waals surface area contributed by atoms with E-state index in [4.69, 9.17) is 5.73 Å². The number of fused-ring (bicyclic) bond motifs is 1. The lowest BCUT2D eigenvalue weighted by atomic mass is 10.1. The molecule has 8 nitrogen and oxygen atoms in total. The van der Waals surface area contributed by atoms with E-state index < -0.39 is 0 Å². The Morgan fingerprint density at radius 1 is 1.58 bits per heavy atom. The van der Waals surface area contributed by atoms with E-state index in [0.717, 1.165) is 6.42 Å². The van der Waals surface area contributed by atoms with Gasteiger partial charge in [0.15, 0.2) is 11.2 Å². The number of nitrogen functional groups attached to an aromatic ring is 1. The Morgan fingerprint density at radius 2 is 2.37 bits per heavy atom. The van der Waals surface area contributed by atoms with Gasteiger partial charge in [0, 0.05) is 18.6 Å². The summed E-state index contributed by atoms with van der Waals surface area (Å²) in [5, 5.41) is 18.7. The number of aliphatic hydroxyl groups is 2. The molecule has 2 atom stereocenters. The smallest absolute Gasteiger partial charge is 0.280 e. The molecule has 8 heteroatoms. The molecular weight excluding hydrogens is 250 g/mol. The highest BCUT2D eigenvalue weighted by molar-refractivity contribution is 5.70. The number of imidazole rings is 1. The van der Waals surface area contributed by atoms with Gasteiger partial charge in [-0.15, -0.1) is 0 Å². The normalized spacial score (nSPS) is 25.9. The Labute approximate surface area is 107 Å². The van der Waals surface area contributed by atoms with E-state index >= 15 is 0 Å². The van der Waals surface area contributed by atoms with Crippen LogP contribution in [0.15, 0.2) is 11.1 Å². The van der Waals surface area contributed by atoms with E-state index in [9.17, 15) is 15.0 Å². The van der Waals surface area contributed by atoms with Crippen molar-refractivity contribution in [2.75, 3.05) is 18.9 Å². The minimum Gasteiger partial charge on any atom is -0.396 e. The maximum atomic E-state index is 11.6. The molecule has 1 fully saturated rings. The zero-order chi connectivity index (χ0) is 13.6. The van der Waals surface area contributed by atoms with Crippen LogP contribution in [0, 0.1) is 11.3 Å². The predicted octanol–water partition coefficient (Wildman–Crippen LogP) is -1.31. The lowest BCUT2D eigenvalue weighted by molar-refractivity contribution is 0.158. The molecule has 0 aromatic carbocycles. The first-order chi connectivity index (χ1) is 9.09. The summed E-state index contributed by atoms with van der Waals surface area (Å²) in [6, 6.07) is 0. The molecule has 2 aromatic rings. The lowest BCUT2D eigenvalue weighted by Crippen LogP contribution is -2.20. The molecule has 102 valence electrons. The summed E-state index contributed by atoms with van der Waals surface area (Å²) in [4.78, 5) is 22.1.